The van der Waals surface area contributed by atoms with Gasteiger partial charge in [0.05, 0.1) is 6.33 Å². The molecule has 0 nitrogen and oxygen atoms in total. The van der Waals surface area contributed by atoms with E-state index in [2.05, 4.69) is 0 Å². The molecule has 0 aliphatic carbocycles. The Hall–Kier alpha value is -0.400. The van der Waals surface area contributed by atoms with Gasteiger partial charge in [0.2, 0.25) is 0 Å². The van der Waals surface area contributed by atoms with E-state index < -0.39 is 6.17 Å². The van der Waals surface area contributed by atoms with Crippen LogP contribution < -0.4 is 0 Å². The topological polar surface area (TPSA) is 0 Å². The molecule has 0 bridgehead atoms. The second kappa shape index (κ2) is 2.82. The summed E-state index contributed by atoms with van der Waals surface area (Å²) >= 11 is 0. The summed E-state index contributed by atoms with van der Waals surface area (Å²) in [5.74, 6) is 0. The third-order valence-electron chi connectivity index (χ3n) is 0.338. The second-order valence-electron chi connectivity index (χ2n) is 0.996. The first kappa shape index (κ1) is 5.60. The molecule has 0 amide bonds. The van der Waals surface area contributed by atoms with Crippen molar-refractivity contribution in [1.29, 1.82) is 0 Å². The highest BCUT2D eigenvalue weighted by Gasteiger charge is 1.83. The fourth-order valence-corrected chi connectivity index (χ4v) is 0.100. The molecule has 1 atom stereocenters. The van der Waals surface area contributed by atoms with Gasteiger partial charge in [0, 0.05) is 0 Å². The third-order valence-corrected chi connectivity index (χ3v) is 0.338. The quantitative estimate of drug-likeness (QED) is 0.463. The van der Waals surface area contributed by atoms with Crippen LogP contribution >= 0.6 is 0 Å². The number of hydrogen-bond acceptors (Lipinski definition) is 0. The number of allylic oxidation sites excluding steroid dienone is 1. The van der Waals surface area contributed by atoms with Gasteiger partial charge in [-0.15, -0.1) is 0 Å². The largest absolute Gasteiger partial charge is 0.243 e. The summed E-state index contributed by atoms with van der Waals surface area (Å²) in [6.45, 7) is 1.26. The molecule has 0 saturated carbocycles. The van der Waals surface area contributed by atoms with Crippen LogP contribution in [0.4, 0.5) is 8.78 Å². The molecule has 0 aliphatic rings. The average molecular weight is 92.1 g/mol. The van der Waals surface area contributed by atoms with Crippen molar-refractivity contribution < 1.29 is 8.78 Å². The number of rotatable bonds is 1. The zero-order valence-electron chi connectivity index (χ0n) is 3.49. The lowest BCUT2D eigenvalue weighted by atomic mass is 10.4. The van der Waals surface area contributed by atoms with E-state index in [-0.39, 0.29) is 6.33 Å². The fourth-order valence-electron chi connectivity index (χ4n) is 0.100. The van der Waals surface area contributed by atoms with Gasteiger partial charge in [0.25, 0.3) is 0 Å². The standard InChI is InChI=1S/C4H6F2/c1-4(6)2-3-5/h2-4H,1H3/b3-2+. The highest BCUT2D eigenvalue weighted by atomic mass is 19.1. The van der Waals surface area contributed by atoms with E-state index in [1.54, 1.807) is 0 Å². The van der Waals surface area contributed by atoms with Gasteiger partial charge in [0.1, 0.15) is 6.17 Å². The Balaban J connectivity index is 3.03. The lowest BCUT2D eigenvalue weighted by Gasteiger charge is -1.80. The van der Waals surface area contributed by atoms with Crippen molar-refractivity contribution in [3.8, 4) is 0 Å². The highest BCUT2D eigenvalue weighted by Crippen LogP contribution is 1.88. The van der Waals surface area contributed by atoms with Crippen LogP contribution in [-0.2, 0) is 0 Å². The maximum absolute atomic E-state index is 11.4. The van der Waals surface area contributed by atoms with Crippen LogP contribution in [0.5, 0.6) is 0 Å². The lowest BCUT2D eigenvalue weighted by molar-refractivity contribution is 0.426. The van der Waals surface area contributed by atoms with Crippen LogP contribution in [0.25, 0.3) is 0 Å². The Morgan fingerprint density at radius 3 is 2.17 bits per heavy atom. The minimum Gasteiger partial charge on any atom is -0.243 e. The van der Waals surface area contributed by atoms with Gasteiger partial charge in [-0.2, -0.15) is 0 Å². The number of halogens is 2. The van der Waals surface area contributed by atoms with Crippen LogP contribution in [0.15, 0.2) is 12.4 Å². The predicted molar refractivity (Wildman–Crippen MR) is 20.8 cm³/mol. The molecule has 0 heterocycles. The van der Waals surface area contributed by atoms with Crippen molar-refractivity contribution in [2.24, 2.45) is 0 Å². The molecule has 0 radical (unpaired) electrons. The molecule has 0 saturated heterocycles. The SMILES string of the molecule is CC(F)/C=C/F. The van der Waals surface area contributed by atoms with E-state index in [9.17, 15) is 8.78 Å². The van der Waals surface area contributed by atoms with Crippen LogP contribution in [0.3, 0.4) is 0 Å². The van der Waals surface area contributed by atoms with Crippen molar-refractivity contribution in [2.45, 2.75) is 13.1 Å². The molecule has 0 N–H and O–H groups in total. The van der Waals surface area contributed by atoms with Gasteiger partial charge in [0.15, 0.2) is 0 Å². The molecule has 0 spiro atoms. The molecule has 0 aromatic rings. The first-order valence-electron chi connectivity index (χ1n) is 1.68. The van der Waals surface area contributed by atoms with E-state index in [4.69, 9.17) is 0 Å². The summed E-state index contributed by atoms with van der Waals surface area (Å²) in [5, 5.41) is 0. The maximum Gasteiger partial charge on any atom is 0.118 e. The van der Waals surface area contributed by atoms with Gasteiger partial charge in [-0.05, 0) is 13.0 Å². The first-order valence-corrected chi connectivity index (χ1v) is 1.68. The lowest BCUT2D eigenvalue weighted by Crippen LogP contribution is -1.79. The zero-order valence-corrected chi connectivity index (χ0v) is 3.49. The predicted octanol–water partition coefficient (Wildman–Crippen LogP) is 1.83. The highest BCUT2D eigenvalue weighted by molar-refractivity contribution is 4.77. The minimum atomic E-state index is -1.16. The van der Waals surface area contributed by atoms with E-state index in [1.165, 1.54) is 6.92 Å². The molecule has 0 aromatic carbocycles. The van der Waals surface area contributed by atoms with E-state index in [0.29, 0.717) is 0 Å². The molecule has 0 rings (SSSR count). The minimum absolute atomic E-state index is 0.199. The molecule has 0 aliphatic heterocycles. The van der Waals surface area contributed by atoms with Crippen LogP contribution in [0.2, 0.25) is 0 Å². The molecular formula is C4H6F2. The van der Waals surface area contributed by atoms with Crippen molar-refractivity contribution in [3.63, 3.8) is 0 Å². The molecule has 2 heteroatoms. The Morgan fingerprint density at radius 1 is 1.67 bits per heavy atom. The normalized spacial score (nSPS) is 15.8. The third kappa shape index (κ3) is 3.60. The second-order valence-corrected chi connectivity index (χ2v) is 0.996. The van der Waals surface area contributed by atoms with Crippen LogP contribution in [0.1, 0.15) is 6.92 Å². The Kier molecular flexibility index (Phi) is 2.63. The van der Waals surface area contributed by atoms with Crippen molar-refractivity contribution in [2.75, 3.05) is 0 Å². The van der Waals surface area contributed by atoms with Gasteiger partial charge in [-0.25, -0.2) is 8.78 Å². The van der Waals surface area contributed by atoms with E-state index in [1.807, 2.05) is 0 Å². The fraction of sp³-hybridized carbons (Fsp3) is 0.500. The van der Waals surface area contributed by atoms with E-state index >= 15 is 0 Å². The smallest absolute Gasteiger partial charge is 0.118 e. The molecule has 6 heavy (non-hydrogen) atoms. The summed E-state index contributed by atoms with van der Waals surface area (Å²) in [6.07, 6.45) is -0.125. The molecule has 36 valence electrons. The maximum atomic E-state index is 11.4. The van der Waals surface area contributed by atoms with Gasteiger partial charge >= 0.3 is 0 Å². The average Bonchev–Trinajstić information content (AvgIpc) is 1.35. The first-order chi connectivity index (χ1) is 2.77. The Labute approximate surface area is 35.5 Å². The molecule has 1 unspecified atom stereocenters. The Morgan fingerprint density at radius 2 is 2.17 bits per heavy atom. The van der Waals surface area contributed by atoms with Gasteiger partial charge < -0.3 is 0 Å². The van der Waals surface area contributed by atoms with Crippen molar-refractivity contribution in [3.05, 3.63) is 12.4 Å². The monoisotopic (exact) mass is 92.0 g/mol. The van der Waals surface area contributed by atoms with Crippen molar-refractivity contribution in [1.82, 2.24) is 0 Å². The molecule has 0 aromatic heterocycles. The molecule has 0 fully saturated rings. The van der Waals surface area contributed by atoms with Crippen LogP contribution in [-0.4, -0.2) is 6.17 Å². The number of alkyl halides is 1. The summed E-state index contributed by atoms with van der Waals surface area (Å²) < 4.78 is 22.2. The molecular weight excluding hydrogens is 86.0 g/mol. The number of hydrogen-bond donors (Lipinski definition) is 0. The van der Waals surface area contributed by atoms with E-state index in [0.717, 1.165) is 6.08 Å². The van der Waals surface area contributed by atoms with Crippen molar-refractivity contribution >= 4 is 0 Å². The summed E-state index contributed by atoms with van der Waals surface area (Å²) in [4.78, 5) is 0. The van der Waals surface area contributed by atoms with Crippen LogP contribution in [0, 0.1) is 0 Å². The van der Waals surface area contributed by atoms with Gasteiger partial charge in [-0.1, -0.05) is 0 Å². The summed E-state index contributed by atoms with van der Waals surface area (Å²) in [7, 11) is 0. The Bertz CT molecular complexity index is 47.5. The summed E-state index contributed by atoms with van der Waals surface area (Å²) in [5.41, 5.74) is 0. The summed E-state index contributed by atoms with van der Waals surface area (Å²) in [6, 6.07) is 0. The van der Waals surface area contributed by atoms with Gasteiger partial charge in [-0.3, -0.25) is 0 Å². The zero-order chi connectivity index (χ0) is 4.99.